The molecule has 0 saturated carbocycles. The van der Waals surface area contributed by atoms with Crippen molar-refractivity contribution in [3.8, 4) is 0 Å². The summed E-state index contributed by atoms with van der Waals surface area (Å²) in [4.78, 5) is 2.73. The second kappa shape index (κ2) is 7.80. The summed E-state index contributed by atoms with van der Waals surface area (Å²) in [6, 6.07) is 12.9. The van der Waals surface area contributed by atoms with Crippen molar-refractivity contribution in [1.29, 1.82) is 0 Å². The maximum atomic E-state index is 3.64. The average molecular weight is 274 g/mol. The maximum Gasteiger partial charge on any atom is 0.0332 e. The molecule has 2 heteroatoms. The number of nitrogens with zero attached hydrogens (tertiary/aromatic N) is 1. The molecule has 0 radical (unpaired) electrons. The first kappa shape index (κ1) is 15.5. The van der Waals surface area contributed by atoms with Crippen molar-refractivity contribution in [2.45, 2.75) is 64.6 Å². The number of hydrogen-bond acceptors (Lipinski definition) is 2. The van der Waals surface area contributed by atoms with Crippen molar-refractivity contribution in [2.24, 2.45) is 0 Å². The molecule has 2 nitrogen and oxygen atoms in total. The van der Waals surface area contributed by atoms with Gasteiger partial charge in [0.15, 0.2) is 0 Å². The van der Waals surface area contributed by atoms with E-state index in [1.807, 2.05) is 0 Å². The molecule has 3 atom stereocenters. The molecule has 1 aromatic carbocycles. The molecule has 2 rings (SSSR count). The molecule has 1 aliphatic rings. The molecule has 0 spiro atoms. The van der Waals surface area contributed by atoms with Gasteiger partial charge in [0.05, 0.1) is 0 Å². The molecular weight excluding hydrogens is 244 g/mol. The molecule has 0 bridgehead atoms. The summed E-state index contributed by atoms with van der Waals surface area (Å²) in [5, 5.41) is 3.64. The van der Waals surface area contributed by atoms with Gasteiger partial charge in [-0.25, -0.2) is 0 Å². The summed E-state index contributed by atoms with van der Waals surface area (Å²) in [5.74, 6) is 0. The number of benzene rings is 1. The molecule has 0 aromatic heterocycles. The zero-order valence-corrected chi connectivity index (χ0v) is 13.3. The Bertz CT molecular complexity index is 376. The minimum Gasteiger partial charge on any atom is -0.310 e. The third-order valence-electron chi connectivity index (χ3n) is 4.75. The lowest BCUT2D eigenvalue weighted by Gasteiger charge is -2.30. The Morgan fingerprint density at radius 2 is 1.95 bits per heavy atom. The number of likely N-dealkylation sites (tertiary alicyclic amines) is 1. The number of hydrogen-bond donors (Lipinski definition) is 1. The normalized spacial score (nSPS) is 24.9. The monoisotopic (exact) mass is 274 g/mol. The highest BCUT2D eigenvalue weighted by molar-refractivity contribution is 5.18. The topological polar surface area (TPSA) is 15.3 Å². The first-order chi connectivity index (χ1) is 9.76. The molecule has 112 valence electrons. The zero-order valence-electron chi connectivity index (χ0n) is 13.3. The van der Waals surface area contributed by atoms with E-state index in [-0.39, 0.29) is 0 Å². The quantitative estimate of drug-likeness (QED) is 0.809. The summed E-state index contributed by atoms with van der Waals surface area (Å²) in [6.45, 7) is 9.16. The maximum absolute atomic E-state index is 3.64. The largest absolute Gasteiger partial charge is 0.310 e. The van der Waals surface area contributed by atoms with Gasteiger partial charge in [0.2, 0.25) is 0 Å². The van der Waals surface area contributed by atoms with Crippen LogP contribution in [-0.4, -0.2) is 30.1 Å². The van der Waals surface area contributed by atoms with Gasteiger partial charge in [-0.05, 0) is 44.7 Å². The summed E-state index contributed by atoms with van der Waals surface area (Å²) >= 11 is 0. The van der Waals surface area contributed by atoms with E-state index in [2.05, 4.69) is 61.3 Å². The van der Waals surface area contributed by atoms with E-state index >= 15 is 0 Å². The molecule has 0 amide bonds. The molecular formula is C18H30N2. The van der Waals surface area contributed by atoms with E-state index in [1.54, 1.807) is 0 Å². The van der Waals surface area contributed by atoms with Crippen LogP contribution in [0.1, 0.15) is 58.1 Å². The lowest BCUT2D eigenvalue weighted by Crippen LogP contribution is -2.37. The SMILES string of the molecule is CCNC(CCN1C(C)CCC1CC)c1ccccc1. The van der Waals surface area contributed by atoms with Crippen molar-refractivity contribution in [3.63, 3.8) is 0 Å². The highest BCUT2D eigenvalue weighted by atomic mass is 15.2. The Balaban J connectivity index is 1.95. The fourth-order valence-corrected chi connectivity index (χ4v) is 3.56. The second-order valence-corrected chi connectivity index (χ2v) is 6.04. The average Bonchev–Trinajstić information content (AvgIpc) is 2.85. The van der Waals surface area contributed by atoms with Crippen molar-refractivity contribution < 1.29 is 0 Å². The van der Waals surface area contributed by atoms with E-state index in [9.17, 15) is 0 Å². The zero-order chi connectivity index (χ0) is 14.4. The third kappa shape index (κ3) is 3.83. The Kier molecular flexibility index (Phi) is 6.06. The second-order valence-electron chi connectivity index (χ2n) is 6.04. The van der Waals surface area contributed by atoms with Gasteiger partial charge in [0, 0.05) is 24.7 Å². The summed E-state index contributed by atoms with van der Waals surface area (Å²) in [6.07, 6.45) is 5.25. The molecule has 3 unspecified atom stereocenters. The van der Waals surface area contributed by atoms with Gasteiger partial charge in [0.25, 0.3) is 0 Å². The van der Waals surface area contributed by atoms with Crippen LogP contribution in [0.2, 0.25) is 0 Å². The highest BCUT2D eigenvalue weighted by Crippen LogP contribution is 2.27. The van der Waals surface area contributed by atoms with Gasteiger partial charge in [-0.2, -0.15) is 0 Å². The van der Waals surface area contributed by atoms with Crippen LogP contribution in [0, 0.1) is 0 Å². The minimum atomic E-state index is 0.492. The van der Waals surface area contributed by atoms with Gasteiger partial charge >= 0.3 is 0 Å². The first-order valence-electron chi connectivity index (χ1n) is 8.30. The van der Waals surface area contributed by atoms with Gasteiger partial charge in [-0.15, -0.1) is 0 Å². The van der Waals surface area contributed by atoms with Crippen LogP contribution in [0.15, 0.2) is 30.3 Å². The Hall–Kier alpha value is -0.860. The molecule has 0 aliphatic carbocycles. The lowest BCUT2D eigenvalue weighted by atomic mass is 10.0. The van der Waals surface area contributed by atoms with Crippen LogP contribution < -0.4 is 5.32 Å². The third-order valence-corrected chi connectivity index (χ3v) is 4.75. The molecule has 1 N–H and O–H groups in total. The van der Waals surface area contributed by atoms with Gasteiger partial charge in [-0.3, -0.25) is 4.90 Å². The van der Waals surface area contributed by atoms with E-state index < -0.39 is 0 Å². The Morgan fingerprint density at radius 1 is 1.20 bits per heavy atom. The molecule has 1 saturated heterocycles. The minimum absolute atomic E-state index is 0.492. The van der Waals surface area contributed by atoms with Crippen LogP contribution in [0.5, 0.6) is 0 Å². The van der Waals surface area contributed by atoms with Crippen LogP contribution in [0.3, 0.4) is 0 Å². The highest BCUT2D eigenvalue weighted by Gasteiger charge is 2.29. The Labute approximate surface area is 124 Å². The fourth-order valence-electron chi connectivity index (χ4n) is 3.56. The predicted octanol–water partition coefficient (Wildman–Crippen LogP) is 3.99. The van der Waals surface area contributed by atoms with Gasteiger partial charge < -0.3 is 5.32 Å². The van der Waals surface area contributed by atoms with Crippen molar-refractivity contribution in [3.05, 3.63) is 35.9 Å². The Morgan fingerprint density at radius 3 is 2.60 bits per heavy atom. The van der Waals surface area contributed by atoms with E-state index in [0.717, 1.165) is 18.6 Å². The molecule has 1 heterocycles. The van der Waals surface area contributed by atoms with E-state index in [1.165, 1.54) is 37.8 Å². The smallest absolute Gasteiger partial charge is 0.0332 e. The number of rotatable bonds is 7. The van der Waals surface area contributed by atoms with Gasteiger partial charge in [-0.1, -0.05) is 44.2 Å². The van der Waals surface area contributed by atoms with Crippen LogP contribution in [0.4, 0.5) is 0 Å². The van der Waals surface area contributed by atoms with E-state index in [0.29, 0.717) is 6.04 Å². The molecule has 1 aliphatic heterocycles. The standard InChI is InChI=1S/C18H30N2/c1-4-17-12-11-15(3)20(17)14-13-18(19-5-2)16-9-7-6-8-10-16/h6-10,15,17-19H,4-5,11-14H2,1-3H3. The first-order valence-corrected chi connectivity index (χ1v) is 8.30. The van der Waals surface area contributed by atoms with Crippen molar-refractivity contribution in [1.82, 2.24) is 10.2 Å². The van der Waals surface area contributed by atoms with Crippen LogP contribution in [0.25, 0.3) is 0 Å². The predicted molar refractivity (Wildman–Crippen MR) is 87.0 cm³/mol. The number of nitrogens with one attached hydrogen (secondary N) is 1. The summed E-state index contributed by atoms with van der Waals surface area (Å²) in [5.41, 5.74) is 1.43. The van der Waals surface area contributed by atoms with Crippen molar-refractivity contribution in [2.75, 3.05) is 13.1 Å². The molecule has 20 heavy (non-hydrogen) atoms. The van der Waals surface area contributed by atoms with Crippen LogP contribution >= 0.6 is 0 Å². The van der Waals surface area contributed by atoms with Gasteiger partial charge in [0.1, 0.15) is 0 Å². The van der Waals surface area contributed by atoms with E-state index in [4.69, 9.17) is 0 Å². The summed E-state index contributed by atoms with van der Waals surface area (Å²) in [7, 11) is 0. The summed E-state index contributed by atoms with van der Waals surface area (Å²) < 4.78 is 0. The van der Waals surface area contributed by atoms with Crippen LogP contribution in [-0.2, 0) is 0 Å². The fraction of sp³-hybridized carbons (Fsp3) is 0.667. The molecule has 1 fully saturated rings. The molecule has 1 aromatic rings. The van der Waals surface area contributed by atoms with Crippen molar-refractivity contribution >= 4 is 0 Å². The lowest BCUT2D eigenvalue weighted by molar-refractivity contribution is 0.188.